The number of aromatic nitrogens is 2. The summed E-state index contributed by atoms with van der Waals surface area (Å²) < 4.78 is 27.3. The van der Waals surface area contributed by atoms with Crippen molar-refractivity contribution in [2.24, 2.45) is 0 Å². The van der Waals surface area contributed by atoms with Gasteiger partial charge in [-0.05, 0) is 28.7 Å². The minimum absolute atomic E-state index is 0.0309. The lowest BCUT2D eigenvalue weighted by Crippen LogP contribution is -2.04. The summed E-state index contributed by atoms with van der Waals surface area (Å²) in [6.07, 6.45) is 0. The lowest BCUT2D eigenvalue weighted by atomic mass is 10.2. The van der Waals surface area contributed by atoms with Crippen molar-refractivity contribution >= 4 is 33.0 Å². The van der Waals surface area contributed by atoms with Crippen LogP contribution in [0.1, 0.15) is 5.56 Å². The number of rotatable bonds is 3. The molecule has 0 aliphatic rings. The third-order valence-corrected chi connectivity index (χ3v) is 4.95. The highest BCUT2D eigenvalue weighted by atomic mass is 35.5. The second-order valence-electron chi connectivity index (χ2n) is 3.07. The van der Waals surface area contributed by atoms with Gasteiger partial charge in [-0.3, -0.25) is 0 Å². The van der Waals surface area contributed by atoms with Crippen LogP contribution in [0, 0.1) is 0 Å². The number of hydrogen-bond donors (Lipinski definition) is 0. The van der Waals surface area contributed by atoms with Crippen LogP contribution in [0.5, 0.6) is 0 Å². The standard InChI is InChI=1S/C9H7ClN2O2S2/c10-8-11-9(15-12-8)16(13,14)6-7-4-2-1-3-5-7/h1-5H,6H2. The fraction of sp³-hybridized carbons (Fsp3) is 0.111. The Bertz CT molecular complexity index is 581. The Morgan fingerprint density at radius 1 is 1.25 bits per heavy atom. The van der Waals surface area contributed by atoms with E-state index in [0.29, 0.717) is 5.56 Å². The number of nitrogens with zero attached hydrogens (tertiary/aromatic N) is 2. The van der Waals surface area contributed by atoms with E-state index in [1.807, 2.05) is 6.07 Å². The smallest absolute Gasteiger partial charge is 0.221 e. The maximum atomic E-state index is 11.9. The first kappa shape index (κ1) is 11.5. The van der Waals surface area contributed by atoms with Crippen molar-refractivity contribution in [3.05, 3.63) is 41.2 Å². The van der Waals surface area contributed by atoms with Gasteiger partial charge in [-0.1, -0.05) is 30.3 Å². The second kappa shape index (κ2) is 4.48. The molecule has 0 amide bonds. The normalized spacial score (nSPS) is 11.6. The summed E-state index contributed by atoms with van der Waals surface area (Å²) in [5, 5.41) is -0.0309. The van der Waals surface area contributed by atoms with E-state index < -0.39 is 9.84 Å². The van der Waals surface area contributed by atoms with E-state index in [2.05, 4.69) is 9.36 Å². The predicted molar refractivity (Wildman–Crippen MR) is 62.3 cm³/mol. The molecule has 0 saturated carbocycles. The summed E-state index contributed by atoms with van der Waals surface area (Å²) in [6.45, 7) is 0. The molecule has 0 unspecified atom stereocenters. The van der Waals surface area contributed by atoms with Crippen molar-refractivity contribution in [1.82, 2.24) is 9.36 Å². The molecule has 84 valence electrons. The molecule has 2 aromatic rings. The molecule has 7 heteroatoms. The molecule has 0 aliphatic carbocycles. The van der Waals surface area contributed by atoms with Crippen LogP contribution in [-0.2, 0) is 15.6 Å². The van der Waals surface area contributed by atoms with Crippen LogP contribution < -0.4 is 0 Å². The Morgan fingerprint density at radius 3 is 2.50 bits per heavy atom. The molecule has 0 radical (unpaired) electrons. The first-order valence-electron chi connectivity index (χ1n) is 4.34. The van der Waals surface area contributed by atoms with Gasteiger partial charge in [0, 0.05) is 0 Å². The Balaban J connectivity index is 2.28. The molecular formula is C9H7ClN2O2S2. The van der Waals surface area contributed by atoms with E-state index in [4.69, 9.17) is 11.6 Å². The third kappa shape index (κ3) is 2.58. The molecular weight excluding hydrogens is 268 g/mol. The summed E-state index contributed by atoms with van der Waals surface area (Å²) >= 11 is 6.29. The predicted octanol–water partition coefficient (Wildman–Crippen LogP) is 2.17. The van der Waals surface area contributed by atoms with Gasteiger partial charge in [0.25, 0.3) is 0 Å². The molecule has 0 fully saturated rings. The first-order valence-corrected chi connectivity index (χ1v) is 7.14. The van der Waals surface area contributed by atoms with Gasteiger partial charge in [-0.15, -0.1) is 0 Å². The number of halogens is 1. The molecule has 0 spiro atoms. The average Bonchev–Trinajstić information content (AvgIpc) is 2.66. The lowest BCUT2D eigenvalue weighted by molar-refractivity contribution is 0.594. The molecule has 0 aliphatic heterocycles. The van der Waals surface area contributed by atoms with E-state index in [9.17, 15) is 8.42 Å². The largest absolute Gasteiger partial charge is 0.235 e. The highest BCUT2D eigenvalue weighted by molar-refractivity contribution is 7.92. The third-order valence-electron chi connectivity index (χ3n) is 1.85. The number of sulfone groups is 1. The van der Waals surface area contributed by atoms with E-state index in [-0.39, 0.29) is 15.4 Å². The maximum Gasteiger partial charge on any atom is 0.235 e. The van der Waals surface area contributed by atoms with Gasteiger partial charge in [-0.25, -0.2) is 8.42 Å². The number of hydrogen-bond acceptors (Lipinski definition) is 5. The van der Waals surface area contributed by atoms with Crippen LogP contribution in [0.2, 0.25) is 5.28 Å². The topological polar surface area (TPSA) is 59.9 Å². The van der Waals surface area contributed by atoms with Gasteiger partial charge < -0.3 is 0 Å². The zero-order valence-corrected chi connectivity index (χ0v) is 10.4. The Morgan fingerprint density at radius 2 is 1.94 bits per heavy atom. The van der Waals surface area contributed by atoms with Crippen molar-refractivity contribution in [3.8, 4) is 0 Å². The van der Waals surface area contributed by atoms with Crippen molar-refractivity contribution in [3.63, 3.8) is 0 Å². The van der Waals surface area contributed by atoms with E-state index in [1.54, 1.807) is 24.3 Å². The van der Waals surface area contributed by atoms with E-state index in [1.165, 1.54) is 0 Å². The van der Waals surface area contributed by atoms with Gasteiger partial charge in [0.1, 0.15) is 0 Å². The minimum Gasteiger partial charge on any atom is -0.221 e. The van der Waals surface area contributed by atoms with Crippen molar-refractivity contribution in [1.29, 1.82) is 0 Å². The summed E-state index contributed by atoms with van der Waals surface area (Å²) in [5.41, 5.74) is 0.717. The molecule has 2 rings (SSSR count). The van der Waals surface area contributed by atoms with Crippen LogP contribution in [-0.4, -0.2) is 17.8 Å². The van der Waals surface area contributed by atoms with Crippen LogP contribution in [0.15, 0.2) is 34.7 Å². The van der Waals surface area contributed by atoms with Gasteiger partial charge in [0.05, 0.1) is 5.75 Å². The van der Waals surface area contributed by atoms with Crippen LogP contribution >= 0.6 is 23.1 Å². The van der Waals surface area contributed by atoms with Gasteiger partial charge >= 0.3 is 0 Å². The highest BCUT2D eigenvalue weighted by Gasteiger charge is 2.20. The highest BCUT2D eigenvalue weighted by Crippen LogP contribution is 2.19. The van der Waals surface area contributed by atoms with E-state index >= 15 is 0 Å². The van der Waals surface area contributed by atoms with Crippen molar-refractivity contribution in [2.45, 2.75) is 10.1 Å². The van der Waals surface area contributed by atoms with Crippen molar-refractivity contribution in [2.75, 3.05) is 0 Å². The Kier molecular flexibility index (Phi) is 3.22. The zero-order chi connectivity index (χ0) is 11.6. The fourth-order valence-electron chi connectivity index (χ4n) is 1.17. The second-order valence-corrected chi connectivity index (χ2v) is 6.33. The van der Waals surface area contributed by atoms with E-state index in [0.717, 1.165) is 11.5 Å². The summed E-state index contributed by atoms with van der Waals surface area (Å²) in [4.78, 5) is 3.66. The molecule has 0 N–H and O–H groups in total. The van der Waals surface area contributed by atoms with Crippen LogP contribution in [0.4, 0.5) is 0 Å². The number of benzene rings is 1. The summed E-state index contributed by atoms with van der Waals surface area (Å²) in [5.74, 6) is -0.0840. The molecule has 0 bridgehead atoms. The monoisotopic (exact) mass is 274 g/mol. The summed E-state index contributed by atoms with van der Waals surface area (Å²) in [7, 11) is -3.43. The van der Waals surface area contributed by atoms with Crippen molar-refractivity contribution < 1.29 is 8.42 Å². The zero-order valence-electron chi connectivity index (χ0n) is 8.00. The van der Waals surface area contributed by atoms with Gasteiger partial charge in [0.2, 0.25) is 19.5 Å². The Labute approximate surface area is 102 Å². The Hall–Kier alpha value is -0.980. The molecule has 0 atom stereocenters. The molecule has 4 nitrogen and oxygen atoms in total. The quantitative estimate of drug-likeness (QED) is 0.861. The van der Waals surface area contributed by atoms with Crippen LogP contribution in [0.3, 0.4) is 0 Å². The van der Waals surface area contributed by atoms with Crippen LogP contribution in [0.25, 0.3) is 0 Å². The average molecular weight is 275 g/mol. The maximum absolute atomic E-state index is 11.9. The van der Waals surface area contributed by atoms with Gasteiger partial charge in [-0.2, -0.15) is 9.36 Å². The lowest BCUT2D eigenvalue weighted by Gasteiger charge is -1.99. The molecule has 1 heterocycles. The molecule has 1 aromatic heterocycles. The minimum atomic E-state index is -3.43. The molecule has 1 aromatic carbocycles. The first-order chi connectivity index (χ1) is 7.58. The fourth-order valence-corrected chi connectivity index (χ4v) is 3.51. The molecule has 16 heavy (non-hydrogen) atoms. The SMILES string of the molecule is O=S(=O)(Cc1ccccc1)c1nc(Cl)ns1. The summed E-state index contributed by atoms with van der Waals surface area (Å²) in [6, 6.07) is 8.91. The molecule has 0 saturated heterocycles. The van der Waals surface area contributed by atoms with Gasteiger partial charge in [0.15, 0.2) is 0 Å².